The number of nitrogens with one attached hydrogen (secondary N) is 1. The number of benzene rings is 1. The molecule has 88 valence electrons. The van der Waals surface area contributed by atoms with Gasteiger partial charge in [-0.2, -0.15) is 0 Å². The number of ether oxygens (including phenoxy) is 1. The summed E-state index contributed by atoms with van der Waals surface area (Å²) >= 11 is 0. The van der Waals surface area contributed by atoms with Gasteiger partial charge in [-0.05, 0) is 48.4 Å². The summed E-state index contributed by atoms with van der Waals surface area (Å²) in [6, 6.07) is 6.48. The Kier molecular flexibility index (Phi) is 3.41. The first kappa shape index (κ1) is 11.7. The number of methoxy groups -OCH3 is 1. The second-order valence-corrected chi connectivity index (χ2v) is 4.69. The first-order valence-electron chi connectivity index (χ1n) is 5.75. The predicted molar refractivity (Wildman–Crippen MR) is 67.7 cm³/mol. The molecule has 1 aliphatic carbocycles. The van der Waals surface area contributed by atoms with Gasteiger partial charge in [0.1, 0.15) is 5.75 Å². The van der Waals surface area contributed by atoms with Crippen LogP contribution in [0.25, 0.3) is 0 Å². The van der Waals surface area contributed by atoms with Crippen molar-refractivity contribution in [2.45, 2.75) is 18.8 Å². The topological polar surface area (TPSA) is 21.3 Å². The van der Waals surface area contributed by atoms with Crippen LogP contribution < -0.4 is 10.1 Å². The molecule has 0 saturated carbocycles. The smallest absolute Gasteiger partial charge is 0.122 e. The van der Waals surface area contributed by atoms with Crippen molar-refractivity contribution < 1.29 is 4.74 Å². The molecule has 0 radical (unpaired) electrons. The molecule has 2 atom stereocenters. The van der Waals surface area contributed by atoms with E-state index in [-0.39, 0.29) is 12.4 Å². The molecule has 1 aromatic carbocycles. The van der Waals surface area contributed by atoms with Gasteiger partial charge in [0.2, 0.25) is 0 Å². The molecule has 2 unspecified atom stereocenters. The molecule has 1 heterocycles. The van der Waals surface area contributed by atoms with Crippen LogP contribution in [0.15, 0.2) is 18.2 Å². The van der Waals surface area contributed by atoms with E-state index in [2.05, 4.69) is 23.5 Å². The van der Waals surface area contributed by atoms with Crippen LogP contribution in [0.5, 0.6) is 5.75 Å². The van der Waals surface area contributed by atoms with E-state index in [1.165, 1.54) is 30.5 Å². The Bertz CT molecular complexity index is 380. The number of piperidine rings is 1. The van der Waals surface area contributed by atoms with E-state index in [0.29, 0.717) is 5.92 Å². The van der Waals surface area contributed by atoms with Gasteiger partial charge in [-0.1, -0.05) is 12.1 Å². The van der Waals surface area contributed by atoms with E-state index in [4.69, 9.17) is 4.74 Å². The molecule has 1 saturated heterocycles. The lowest BCUT2D eigenvalue weighted by molar-refractivity contribution is 0.309. The van der Waals surface area contributed by atoms with Crippen LogP contribution in [0.3, 0.4) is 0 Å². The van der Waals surface area contributed by atoms with Crippen LogP contribution in [-0.2, 0) is 6.42 Å². The van der Waals surface area contributed by atoms with Crippen molar-refractivity contribution in [3.8, 4) is 5.75 Å². The highest BCUT2D eigenvalue weighted by atomic mass is 35.5. The Balaban J connectivity index is 0.000000963. The Labute approximate surface area is 103 Å². The van der Waals surface area contributed by atoms with Crippen molar-refractivity contribution in [3.05, 3.63) is 29.3 Å². The van der Waals surface area contributed by atoms with Crippen molar-refractivity contribution in [2.24, 2.45) is 5.92 Å². The SMILES string of the molecule is COc1cccc2c1CC1CNCC2C1.Cl. The third-order valence-corrected chi connectivity index (χ3v) is 3.76. The maximum absolute atomic E-state index is 5.46. The fourth-order valence-electron chi connectivity index (χ4n) is 3.09. The largest absolute Gasteiger partial charge is 0.496 e. The highest BCUT2D eigenvalue weighted by Crippen LogP contribution is 2.40. The third kappa shape index (κ3) is 1.80. The molecule has 1 aromatic rings. The molecule has 1 aliphatic heterocycles. The molecule has 3 heteroatoms. The Morgan fingerprint density at radius 3 is 3.00 bits per heavy atom. The standard InChI is InChI=1S/C13H17NO.ClH/c1-15-13-4-2-3-11-10-5-9(6-12(11)13)7-14-8-10;/h2-4,9-10,14H,5-8H2,1H3;1H. The van der Waals surface area contributed by atoms with Crippen molar-refractivity contribution in [2.75, 3.05) is 20.2 Å². The molecule has 3 rings (SSSR count). The van der Waals surface area contributed by atoms with E-state index in [9.17, 15) is 0 Å². The number of hydrogen-bond donors (Lipinski definition) is 1. The van der Waals surface area contributed by atoms with Crippen molar-refractivity contribution in [1.29, 1.82) is 0 Å². The highest BCUT2D eigenvalue weighted by molar-refractivity contribution is 5.85. The molecule has 0 aromatic heterocycles. The van der Waals surface area contributed by atoms with E-state index < -0.39 is 0 Å². The van der Waals surface area contributed by atoms with Crippen LogP contribution in [-0.4, -0.2) is 20.2 Å². The van der Waals surface area contributed by atoms with Crippen LogP contribution in [0, 0.1) is 5.92 Å². The number of halogens is 1. The van der Waals surface area contributed by atoms with E-state index >= 15 is 0 Å². The van der Waals surface area contributed by atoms with Gasteiger partial charge in [-0.3, -0.25) is 0 Å². The predicted octanol–water partition coefficient (Wildman–Crippen LogP) is 2.37. The minimum Gasteiger partial charge on any atom is -0.496 e. The monoisotopic (exact) mass is 239 g/mol. The molecule has 1 N–H and O–H groups in total. The summed E-state index contributed by atoms with van der Waals surface area (Å²) < 4.78 is 5.46. The van der Waals surface area contributed by atoms with Crippen LogP contribution in [0.4, 0.5) is 0 Å². The van der Waals surface area contributed by atoms with Gasteiger partial charge >= 0.3 is 0 Å². The first-order chi connectivity index (χ1) is 7.38. The second kappa shape index (κ2) is 4.64. The molecule has 16 heavy (non-hydrogen) atoms. The Morgan fingerprint density at radius 1 is 1.31 bits per heavy atom. The Hall–Kier alpha value is -0.730. The lowest BCUT2D eigenvalue weighted by Crippen LogP contribution is -2.39. The zero-order valence-electron chi connectivity index (χ0n) is 9.53. The van der Waals surface area contributed by atoms with Gasteiger partial charge in [0.25, 0.3) is 0 Å². The zero-order valence-corrected chi connectivity index (χ0v) is 10.3. The molecule has 0 amide bonds. The molecular formula is C13H18ClNO. The summed E-state index contributed by atoms with van der Waals surface area (Å²) in [7, 11) is 1.78. The summed E-state index contributed by atoms with van der Waals surface area (Å²) in [4.78, 5) is 0. The van der Waals surface area contributed by atoms with E-state index in [0.717, 1.165) is 18.2 Å². The van der Waals surface area contributed by atoms with Gasteiger partial charge in [0, 0.05) is 6.54 Å². The van der Waals surface area contributed by atoms with Crippen LogP contribution >= 0.6 is 12.4 Å². The van der Waals surface area contributed by atoms with Crippen LogP contribution in [0.2, 0.25) is 0 Å². The molecule has 2 aliphatic rings. The maximum atomic E-state index is 5.46. The highest BCUT2D eigenvalue weighted by Gasteiger charge is 2.31. The number of hydrogen-bond acceptors (Lipinski definition) is 2. The minimum absolute atomic E-state index is 0. The summed E-state index contributed by atoms with van der Waals surface area (Å²) in [5, 5.41) is 3.52. The van der Waals surface area contributed by atoms with Crippen molar-refractivity contribution in [1.82, 2.24) is 5.32 Å². The fraction of sp³-hybridized carbons (Fsp3) is 0.538. The average molecular weight is 240 g/mol. The number of rotatable bonds is 1. The van der Waals surface area contributed by atoms with Gasteiger partial charge in [-0.15, -0.1) is 12.4 Å². The Morgan fingerprint density at radius 2 is 2.19 bits per heavy atom. The van der Waals surface area contributed by atoms with E-state index in [1.54, 1.807) is 7.11 Å². The summed E-state index contributed by atoms with van der Waals surface area (Å²) in [5.74, 6) is 2.61. The fourth-order valence-corrected chi connectivity index (χ4v) is 3.09. The number of fused-ring (bicyclic) bond motifs is 4. The van der Waals surface area contributed by atoms with Gasteiger partial charge < -0.3 is 10.1 Å². The quantitative estimate of drug-likeness (QED) is 0.813. The molecule has 2 bridgehead atoms. The molecule has 0 spiro atoms. The van der Waals surface area contributed by atoms with Gasteiger partial charge in [-0.25, -0.2) is 0 Å². The summed E-state index contributed by atoms with van der Waals surface area (Å²) in [6.45, 7) is 2.31. The first-order valence-corrected chi connectivity index (χ1v) is 5.75. The molecular weight excluding hydrogens is 222 g/mol. The van der Waals surface area contributed by atoms with Gasteiger partial charge in [0.05, 0.1) is 7.11 Å². The van der Waals surface area contributed by atoms with Crippen molar-refractivity contribution >= 4 is 12.4 Å². The molecule has 1 fully saturated rings. The van der Waals surface area contributed by atoms with Crippen LogP contribution in [0.1, 0.15) is 23.5 Å². The summed E-state index contributed by atoms with van der Waals surface area (Å²) in [5.41, 5.74) is 2.97. The summed E-state index contributed by atoms with van der Waals surface area (Å²) in [6.07, 6.45) is 2.54. The maximum Gasteiger partial charge on any atom is 0.122 e. The minimum atomic E-state index is 0. The second-order valence-electron chi connectivity index (χ2n) is 4.69. The third-order valence-electron chi connectivity index (χ3n) is 3.76. The van der Waals surface area contributed by atoms with Crippen molar-refractivity contribution in [3.63, 3.8) is 0 Å². The average Bonchev–Trinajstić information content (AvgIpc) is 2.29. The normalized spacial score (nSPS) is 26.6. The lowest BCUT2D eigenvalue weighted by Gasteiger charge is -2.37. The lowest BCUT2D eigenvalue weighted by atomic mass is 9.74. The zero-order chi connectivity index (χ0) is 10.3. The molecule has 2 nitrogen and oxygen atoms in total. The van der Waals surface area contributed by atoms with Gasteiger partial charge in [0.15, 0.2) is 0 Å². The van der Waals surface area contributed by atoms with E-state index in [1.807, 2.05) is 0 Å².